The van der Waals surface area contributed by atoms with E-state index in [4.69, 9.17) is 4.74 Å². The molecule has 2 aliphatic heterocycles. The molecule has 21 heavy (non-hydrogen) atoms. The standard InChI is InChI=1S/C15H23N3O2S/c1-11-10-21-15(16-11)17-14(19)13-2-5-18(6-3-13)8-12-4-7-20-9-12/h10,12-13H,2-9H2,1H3,(H,16,17,19)/t12-/m0/s1. The van der Waals surface area contributed by atoms with Gasteiger partial charge in [0.2, 0.25) is 5.91 Å². The van der Waals surface area contributed by atoms with Gasteiger partial charge in [-0.1, -0.05) is 0 Å². The number of nitrogens with one attached hydrogen (secondary N) is 1. The molecule has 0 spiro atoms. The molecule has 6 heteroatoms. The van der Waals surface area contributed by atoms with Crippen LogP contribution >= 0.6 is 11.3 Å². The Morgan fingerprint density at radius 2 is 2.29 bits per heavy atom. The number of thiazole rings is 1. The number of rotatable bonds is 4. The number of amides is 1. The van der Waals surface area contributed by atoms with Crippen LogP contribution in [0.5, 0.6) is 0 Å². The average molecular weight is 309 g/mol. The molecule has 5 nitrogen and oxygen atoms in total. The first-order valence-electron chi connectivity index (χ1n) is 7.74. The molecule has 1 amide bonds. The number of aryl methyl sites for hydroxylation is 1. The Bertz CT molecular complexity index is 477. The summed E-state index contributed by atoms with van der Waals surface area (Å²) in [6, 6.07) is 0. The van der Waals surface area contributed by atoms with Crippen molar-refractivity contribution in [1.29, 1.82) is 0 Å². The Kier molecular flexibility index (Phi) is 4.87. The highest BCUT2D eigenvalue weighted by Crippen LogP contribution is 2.23. The summed E-state index contributed by atoms with van der Waals surface area (Å²) >= 11 is 1.50. The maximum absolute atomic E-state index is 12.2. The number of anilines is 1. The van der Waals surface area contributed by atoms with Crippen LogP contribution in [0.3, 0.4) is 0 Å². The van der Waals surface area contributed by atoms with E-state index in [9.17, 15) is 4.79 Å². The summed E-state index contributed by atoms with van der Waals surface area (Å²) < 4.78 is 5.43. The molecular formula is C15H23N3O2S. The largest absolute Gasteiger partial charge is 0.381 e. The molecule has 116 valence electrons. The second kappa shape index (κ2) is 6.85. The number of nitrogens with zero attached hydrogens (tertiary/aromatic N) is 2. The first-order chi connectivity index (χ1) is 10.2. The lowest BCUT2D eigenvalue weighted by atomic mass is 9.95. The van der Waals surface area contributed by atoms with E-state index in [1.807, 2.05) is 12.3 Å². The molecule has 0 aromatic carbocycles. The molecule has 3 rings (SSSR count). The molecular weight excluding hydrogens is 286 g/mol. The molecule has 2 aliphatic rings. The fraction of sp³-hybridized carbons (Fsp3) is 0.733. The van der Waals surface area contributed by atoms with Gasteiger partial charge in [0.25, 0.3) is 0 Å². The summed E-state index contributed by atoms with van der Waals surface area (Å²) in [7, 11) is 0. The summed E-state index contributed by atoms with van der Waals surface area (Å²) in [5, 5.41) is 5.64. The van der Waals surface area contributed by atoms with Crippen LogP contribution in [0, 0.1) is 18.8 Å². The second-order valence-electron chi connectivity index (χ2n) is 6.09. The number of likely N-dealkylation sites (tertiary alicyclic amines) is 1. The third-order valence-corrected chi connectivity index (χ3v) is 5.22. The normalized spacial score (nSPS) is 24.3. The molecule has 3 heterocycles. The van der Waals surface area contributed by atoms with Crippen molar-refractivity contribution in [1.82, 2.24) is 9.88 Å². The zero-order valence-corrected chi connectivity index (χ0v) is 13.3. The number of piperidine rings is 1. The van der Waals surface area contributed by atoms with Gasteiger partial charge in [0.05, 0.1) is 12.3 Å². The molecule has 2 fully saturated rings. The van der Waals surface area contributed by atoms with E-state index >= 15 is 0 Å². The summed E-state index contributed by atoms with van der Waals surface area (Å²) in [6.07, 6.45) is 3.08. The van der Waals surface area contributed by atoms with Crippen LogP contribution in [0.1, 0.15) is 25.0 Å². The molecule has 0 saturated carbocycles. The van der Waals surface area contributed by atoms with Crippen molar-refractivity contribution in [2.45, 2.75) is 26.2 Å². The van der Waals surface area contributed by atoms with Gasteiger partial charge < -0.3 is 15.0 Å². The quantitative estimate of drug-likeness (QED) is 0.926. The van der Waals surface area contributed by atoms with Gasteiger partial charge in [0, 0.05) is 24.4 Å². The molecule has 1 aromatic heterocycles. The highest BCUT2D eigenvalue weighted by atomic mass is 32.1. The van der Waals surface area contributed by atoms with E-state index in [0.717, 1.165) is 56.5 Å². The first kappa shape index (κ1) is 14.9. The minimum atomic E-state index is 0.130. The zero-order valence-electron chi connectivity index (χ0n) is 12.5. The van der Waals surface area contributed by atoms with E-state index in [0.29, 0.717) is 5.92 Å². The lowest BCUT2D eigenvalue weighted by Crippen LogP contribution is -2.40. The highest BCUT2D eigenvalue weighted by molar-refractivity contribution is 7.13. The summed E-state index contributed by atoms with van der Waals surface area (Å²) in [4.78, 5) is 19.0. The molecule has 1 atom stereocenters. The van der Waals surface area contributed by atoms with E-state index < -0.39 is 0 Å². The van der Waals surface area contributed by atoms with Crippen LogP contribution in [-0.4, -0.2) is 48.6 Å². The van der Waals surface area contributed by atoms with E-state index in [-0.39, 0.29) is 11.8 Å². The minimum absolute atomic E-state index is 0.130. The van der Waals surface area contributed by atoms with Gasteiger partial charge in [-0.05, 0) is 45.2 Å². The molecule has 2 saturated heterocycles. The van der Waals surface area contributed by atoms with Crippen LogP contribution in [-0.2, 0) is 9.53 Å². The second-order valence-corrected chi connectivity index (χ2v) is 6.95. The number of hydrogen-bond donors (Lipinski definition) is 1. The number of carbonyl (C=O) groups is 1. The van der Waals surface area contributed by atoms with Crippen molar-refractivity contribution in [3.8, 4) is 0 Å². The molecule has 0 aliphatic carbocycles. The Balaban J connectivity index is 1.43. The molecule has 1 aromatic rings. The van der Waals surface area contributed by atoms with Crippen LogP contribution in [0.15, 0.2) is 5.38 Å². The van der Waals surface area contributed by atoms with Gasteiger partial charge in [-0.3, -0.25) is 4.79 Å². The zero-order chi connectivity index (χ0) is 14.7. The summed E-state index contributed by atoms with van der Waals surface area (Å²) in [5.41, 5.74) is 0.962. The predicted octanol–water partition coefficient (Wildman–Crippen LogP) is 2.14. The molecule has 0 radical (unpaired) electrons. The predicted molar refractivity (Wildman–Crippen MR) is 83.6 cm³/mol. The van der Waals surface area contributed by atoms with E-state index in [1.54, 1.807) is 0 Å². The van der Waals surface area contributed by atoms with Crippen molar-refractivity contribution < 1.29 is 9.53 Å². The van der Waals surface area contributed by atoms with E-state index in [2.05, 4.69) is 15.2 Å². The Hall–Kier alpha value is -0.980. The molecule has 0 bridgehead atoms. The molecule has 0 unspecified atom stereocenters. The monoisotopic (exact) mass is 309 g/mol. The maximum atomic E-state index is 12.2. The Morgan fingerprint density at radius 1 is 1.48 bits per heavy atom. The maximum Gasteiger partial charge on any atom is 0.229 e. The molecule has 1 N–H and O–H groups in total. The van der Waals surface area contributed by atoms with Crippen LogP contribution in [0.25, 0.3) is 0 Å². The summed E-state index contributed by atoms with van der Waals surface area (Å²) in [6.45, 7) is 6.93. The van der Waals surface area contributed by atoms with E-state index in [1.165, 1.54) is 17.8 Å². The van der Waals surface area contributed by atoms with Crippen molar-refractivity contribution in [2.24, 2.45) is 11.8 Å². The van der Waals surface area contributed by atoms with Crippen LogP contribution in [0.4, 0.5) is 5.13 Å². The smallest absolute Gasteiger partial charge is 0.229 e. The summed E-state index contributed by atoms with van der Waals surface area (Å²) in [5.74, 6) is 0.951. The van der Waals surface area contributed by atoms with Crippen LogP contribution < -0.4 is 5.32 Å². The number of aromatic nitrogens is 1. The van der Waals surface area contributed by atoms with Crippen molar-refractivity contribution in [3.63, 3.8) is 0 Å². The number of ether oxygens (including phenoxy) is 1. The number of hydrogen-bond acceptors (Lipinski definition) is 5. The van der Waals surface area contributed by atoms with Crippen molar-refractivity contribution in [3.05, 3.63) is 11.1 Å². The van der Waals surface area contributed by atoms with Gasteiger partial charge in [-0.2, -0.15) is 0 Å². The fourth-order valence-electron chi connectivity index (χ4n) is 3.09. The van der Waals surface area contributed by atoms with Crippen molar-refractivity contribution >= 4 is 22.4 Å². The van der Waals surface area contributed by atoms with Gasteiger partial charge in [-0.15, -0.1) is 11.3 Å². The first-order valence-corrected chi connectivity index (χ1v) is 8.62. The van der Waals surface area contributed by atoms with Crippen molar-refractivity contribution in [2.75, 3.05) is 38.2 Å². The third kappa shape index (κ3) is 4.02. The average Bonchev–Trinajstić information content (AvgIpc) is 3.12. The lowest BCUT2D eigenvalue weighted by molar-refractivity contribution is -0.121. The highest BCUT2D eigenvalue weighted by Gasteiger charge is 2.27. The SMILES string of the molecule is Cc1csc(NC(=O)C2CCN(C[C@@H]3CCOC3)CC2)n1. The fourth-order valence-corrected chi connectivity index (χ4v) is 3.78. The Morgan fingerprint density at radius 3 is 2.90 bits per heavy atom. The number of carbonyl (C=O) groups excluding carboxylic acids is 1. The third-order valence-electron chi connectivity index (χ3n) is 4.35. The van der Waals surface area contributed by atoms with Gasteiger partial charge >= 0.3 is 0 Å². The van der Waals surface area contributed by atoms with Crippen LogP contribution in [0.2, 0.25) is 0 Å². The van der Waals surface area contributed by atoms with Gasteiger partial charge in [-0.25, -0.2) is 4.98 Å². The lowest BCUT2D eigenvalue weighted by Gasteiger charge is -2.32. The topological polar surface area (TPSA) is 54.5 Å². The van der Waals surface area contributed by atoms with Gasteiger partial charge in [0.15, 0.2) is 5.13 Å². The van der Waals surface area contributed by atoms with Gasteiger partial charge in [0.1, 0.15) is 0 Å². The Labute approximate surface area is 129 Å². The minimum Gasteiger partial charge on any atom is -0.381 e.